The molecule has 0 aromatic heterocycles. The van der Waals surface area contributed by atoms with Crippen LogP contribution in [-0.4, -0.2) is 25.3 Å². The molecule has 2 heterocycles. The summed E-state index contributed by atoms with van der Waals surface area (Å²) in [7, 11) is 0. The summed E-state index contributed by atoms with van der Waals surface area (Å²) in [6.45, 7) is 1.38. The van der Waals surface area contributed by atoms with E-state index in [-0.39, 0.29) is 45.7 Å². The molecule has 0 saturated carbocycles. The van der Waals surface area contributed by atoms with Crippen molar-refractivity contribution in [3.05, 3.63) is 12.2 Å². The van der Waals surface area contributed by atoms with E-state index in [2.05, 4.69) is 12.2 Å². The van der Waals surface area contributed by atoms with Crippen molar-refractivity contribution in [2.24, 2.45) is 23.3 Å². The van der Waals surface area contributed by atoms with Crippen LogP contribution in [0.2, 0.25) is 0 Å². The average molecular weight is 385 g/mol. The molecule has 2 aliphatic heterocycles. The monoisotopic (exact) mass is 384 g/mol. The van der Waals surface area contributed by atoms with Crippen molar-refractivity contribution >= 4 is 0 Å². The van der Waals surface area contributed by atoms with E-state index in [9.17, 15) is 0 Å². The third-order valence-electron chi connectivity index (χ3n) is 2.74. The fraction of sp³-hybridized carbons (Fsp3) is 0.750. The number of hydrogen-bond acceptors (Lipinski definition) is 3. The van der Waals surface area contributed by atoms with Crippen LogP contribution in [-0.2, 0) is 25.8 Å². The van der Waals surface area contributed by atoms with Gasteiger partial charge in [-0.25, -0.2) is 0 Å². The van der Waals surface area contributed by atoms with Crippen LogP contribution in [0.5, 0.6) is 0 Å². The number of halogens is 1. The minimum absolute atomic E-state index is 0. The Hall–Kier alpha value is 0.598. The Balaban J connectivity index is 0.000000720. The van der Waals surface area contributed by atoms with Gasteiger partial charge in [0, 0.05) is 11.8 Å². The molecule has 0 aromatic carbocycles. The molecule has 1 saturated heterocycles. The van der Waals surface area contributed by atoms with Crippen LogP contribution in [0.15, 0.2) is 12.2 Å². The van der Waals surface area contributed by atoms with Crippen LogP contribution in [0, 0.1) is 11.8 Å². The Morgan fingerprint density at radius 1 is 1.00 bits per heavy atom. The Kier molecular flexibility index (Phi) is 5.72. The zero-order valence-electron chi connectivity index (χ0n) is 7.14. The summed E-state index contributed by atoms with van der Waals surface area (Å²) in [5, 5.41) is 0. The van der Waals surface area contributed by atoms with Crippen molar-refractivity contribution in [2.45, 2.75) is 12.2 Å². The van der Waals surface area contributed by atoms with Crippen LogP contribution in [0.1, 0.15) is 0 Å². The van der Waals surface area contributed by atoms with E-state index in [0.29, 0.717) is 24.9 Å². The van der Waals surface area contributed by atoms with Gasteiger partial charge in [0.25, 0.3) is 0 Å². The molecular formula is C8H14ClN2OPt+. The van der Waals surface area contributed by atoms with Crippen molar-refractivity contribution in [2.75, 3.05) is 13.1 Å². The molecule has 1 fully saturated rings. The minimum atomic E-state index is 0. The molecule has 0 aromatic rings. The quantitative estimate of drug-likeness (QED) is 0.485. The summed E-state index contributed by atoms with van der Waals surface area (Å²) < 4.78 is 5.61. The largest absolute Gasteiger partial charge is 2.00 e. The van der Waals surface area contributed by atoms with Gasteiger partial charge in [-0.15, -0.1) is 0 Å². The normalized spacial score (nSPS) is 39.8. The molecule has 0 unspecified atom stereocenters. The first-order valence-corrected chi connectivity index (χ1v) is 4.10. The molecule has 5 heteroatoms. The molecule has 2 aliphatic rings. The predicted molar refractivity (Wildman–Crippen MR) is 42.9 cm³/mol. The van der Waals surface area contributed by atoms with E-state index in [4.69, 9.17) is 16.2 Å². The van der Waals surface area contributed by atoms with Crippen LogP contribution < -0.4 is 23.9 Å². The molecule has 2 rings (SSSR count). The summed E-state index contributed by atoms with van der Waals surface area (Å²) in [5.74, 6) is 0.907. The molecule has 4 N–H and O–H groups in total. The van der Waals surface area contributed by atoms with Gasteiger partial charge < -0.3 is 28.6 Å². The molecule has 3 nitrogen and oxygen atoms in total. The molecule has 0 aliphatic carbocycles. The maximum atomic E-state index is 5.62. The Morgan fingerprint density at radius 2 is 1.38 bits per heavy atom. The SMILES string of the molecule is NC[C@H]1[C@H](CN)[C@H]2C=C[C@H]1O2.[Cl-].[Pt+2]. The Bertz CT molecular complexity index is 173. The van der Waals surface area contributed by atoms with Gasteiger partial charge in [-0.3, -0.25) is 0 Å². The second-order valence-corrected chi connectivity index (χ2v) is 3.25. The zero-order chi connectivity index (χ0) is 7.84. The average Bonchev–Trinajstić information content (AvgIpc) is 2.60. The smallest absolute Gasteiger partial charge is 1.00 e. The first kappa shape index (κ1) is 13.6. The van der Waals surface area contributed by atoms with Gasteiger partial charge in [-0.05, 0) is 13.1 Å². The molecule has 78 valence electrons. The van der Waals surface area contributed by atoms with Crippen LogP contribution in [0.25, 0.3) is 0 Å². The number of nitrogens with two attached hydrogens (primary N) is 2. The molecule has 0 spiro atoms. The van der Waals surface area contributed by atoms with Crippen molar-refractivity contribution in [3.63, 3.8) is 0 Å². The van der Waals surface area contributed by atoms with Gasteiger partial charge in [0.1, 0.15) is 0 Å². The summed E-state index contributed by atoms with van der Waals surface area (Å²) in [4.78, 5) is 0. The number of ether oxygens (including phenoxy) is 1. The first-order chi connectivity index (χ1) is 5.36. The summed E-state index contributed by atoms with van der Waals surface area (Å²) >= 11 is 0. The van der Waals surface area contributed by atoms with Crippen molar-refractivity contribution in [1.29, 1.82) is 0 Å². The standard InChI is InChI=1S/C8H14N2O.ClH.Pt/c9-3-5-6(4-10)8-2-1-7(5)11-8;;/h1-2,5-8H,3-4,9-10H2;1H;/q;;+2/p-1/t5-,6-,7+,8+;;/m0../s1. The van der Waals surface area contributed by atoms with Gasteiger partial charge in [0.15, 0.2) is 0 Å². The number of rotatable bonds is 2. The van der Waals surface area contributed by atoms with Crippen LogP contribution >= 0.6 is 0 Å². The minimum Gasteiger partial charge on any atom is -1.00 e. The molecule has 2 bridgehead atoms. The van der Waals surface area contributed by atoms with Gasteiger partial charge in [-0.2, -0.15) is 0 Å². The van der Waals surface area contributed by atoms with Gasteiger partial charge in [0.05, 0.1) is 12.2 Å². The third-order valence-corrected chi connectivity index (χ3v) is 2.74. The van der Waals surface area contributed by atoms with E-state index in [1.54, 1.807) is 0 Å². The van der Waals surface area contributed by atoms with Crippen LogP contribution in [0.4, 0.5) is 0 Å². The zero-order valence-corrected chi connectivity index (χ0v) is 10.2. The van der Waals surface area contributed by atoms with Gasteiger partial charge in [0.2, 0.25) is 0 Å². The van der Waals surface area contributed by atoms with Gasteiger partial charge >= 0.3 is 21.1 Å². The summed E-state index contributed by atoms with van der Waals surface area (Å²) in [6, 6.07) is 0. The van der Waals surface area contributed by atoms with Gasteiger partial charge in [-0.1, -0.05) is 12.2 Å². The second-order valence-electron chi connectivity index (χ2n) is 3.25. The van der Waals surface area contributed by atoms with E-state index >= 15 is 0 Å². The van der Waals surface area contributed by atoms with E-state index < -0.39 is 0 Å². The van der Waals surface area contributed by atoms with E-state index in [0.717, 1.165) is 0 Å². The summed E-state index contributed by atoms with van der Waals surface area (Å²) in [5.41, 5.74) is 11.2. The van der Waals surface area contributed by atoms with E-state index in [1.165, 1.54) is 0 Å². The molecule has 13 heavy (non-hydrogen) atoms. The number of fused-ring (bicyclic) bond motifs is 2. The fourth-order valence-electron chi connectivity index (χ4n) is 2.08. The van der Waals surface area contributed by atoms with Crippen molar-refractivity contribution < 1.29 is 38.2 Å². The van der Waals surface area contributed by atoms with Crippen molar-refractivity contribution in [3.8, 4) is 0 Å². The molecule has 0 amide bonds. The Morgan fingerprint density at radius 3 is 1.69 bits per heavy atom. The molecular weight excluding hydrogens is 371 g/mol. The predicted octanol–water partition coefficient (Wildman–Crippen LogP) is -3.53. The summed E-state index contributed by atoms with van der Waals surface area (Å²) in [6.07, 6.45) is 4.71. The second kappa shape index (κ2) is 5.47. The third kappa shape index (κ3) is 2.16. The van der Waals surface area contributed by atoms with Crippen LogP contribution in [0.3, 0.4) is 0 Å². The molecule has 0 radical (unpaired) electrons. The van der Waals surface area contributed by atoms with E-state index in [1.807, 2.05) is 0 Å². The number of hydrogen-bond donors (Lipinski definition) is 2. The maximum absolute atomic E-state index is 5.62. The Labute approximate surface area is 98.9 Å². The molecule has 4 atom stereocenters. The first-order valence-electron chi connectivity index (χ1n) is 4.10. The fourth-order valence-corrected chi connectivity index (χ4v) is 2.08. The van der Waals surface area contributed by atoms with Crippen molar-refractivity contribution in [1.82, 2.24) is 0 Å². The maximum Gasteiger partial charge on any atom is 2.00 e. The topological polar surface area (TPSA) is 61.3 Å².